The fourth-order valence-electron chi connectivity index (χ4n) is 2.70. The normalized spacial score (nSPS) is 20.0. The Bertz CT molecular complexity index is 795. The number of hydrogen-bond donors (Lipinski definition) is 1. The van der Waals surface area contributed by atoms with Gasteiger partial charge in [0.05, 0.1) is 22.2 Å². The molecule has 0 aromatic heterocycles. The van der Waals surface area contributed by atoms with Crippen molar-refractivity contribution in [2.24, 2.45) is 0 Å². The molecule has 1 N–H and O–H groups in total. The van der Waals surface area contributed by atoms with E-state index in [4.69, 9.17) is 23.8 Å². The minimum atomic E-state index is -0.0254. The van der Waals surface area contributed by atoms with Gasteiger partial charge in [0.1, 0.15) is 4.32 Å². The fourth-order valence-corrected chi connectivity index (χ4v) is 5.19. The molecule has 2 aliphatic heterocycles. The number of unbranched alkanes of at least 4 members (excludes halogenated alkanes) is 1. The highest BCUT2D eigenvalue weighted by molar-refractivity contribution is 8.26. The Labute approximate surface area is 172 Å². The third-order valence-corrected chi connectivity index (χ3v) is 6.76. The maximum atomic E-state index is 12.5. The average molecular weight is 427 g/mol. The molecule has 4 nitrogen and oxygen atoms in total. The van der Waals surface area contributed by atoms with Gasteiger partial charge in [-0.1, -0.05) is 60.7 Å². The van der Waals surface area contributed by atoms with Crippen LogP contribution in [0.5, 0.6) is 0 Å². The van der Waals surface area contributed by atoms with E-state index < -0.39 is 0 Å². The number of carbonyl (C=O) groups excluding carboxylic acids is 1. The van der Waals surface area contributed by atoms with Crippen LogP contribution in [0.2, 0.25) is 5.02 Å². The number of aliphatic hydroxyl groups excluding tert-OH is 1. The van der Waals surface area contributed by atoms with Gasteiger partial charge >= 0.3 is 0 Å². The monoisotopic (exact) mass is 426 g/mol. The van der Waals surface area contributed by atoms with E-state index in [0.29, 0.717) is 27.3 Å². The van der Waals surface area contributed by atoms with Crippen molar-refractivity contribution in [2.45, 2.75) is 24.7 Å². The molecule has 1 aromatic rings. The Morgan fingerprint density at radius 3 is 2.77 bits per heavy atom. The number of fused-ring (bicyclic) bond motifs is 1. The number of allylic oxidation sites excluding steroid dienone is 2. The number of hydrogen-bond acceptors (Lipinski definition) is 6. The molecule has 0 atom stereocenters. The highest BCUT2D eigenvalue weighted by Crippen LogP contribution is 2.47. The lowest BCUT2D eigenvalue weighted by Crippen LogP contribution is -2.28. The first kappa shape index (κ1) is 19.8. The topological polar surface area (TPSA) is 43.8 Å². The molecule has 2 heterocycles. The van der Waals surface area contributed by atoms with Crippen LogP contribution in [0.3, 0.4) is 0 Å². The van der Waals surface area contributed by atoms with Gasteiger partial charge in [-0.15, -0.1) is 0 Å². The van der Waals surface area contributed by atoms with E-state index in [1.165, 1.54) is 11.8 Å². The zero-order valence-electron chi connectivity index (χ0n) is 14.3. The van der Waals surface area contributed by atoms with Crippen molar-refractivity contribution < 1.29 is 9.90 Å². The van der Waals surface area contributed by atoms with Gasteiger partial charge in [-0.3, -0.25) is 9.69 Å². The molecule has 1 saturated heterocycles. The molecular formula is C18H19ClN2O2S3. The summed E-state index contributed by atoms with van der Waals surface area (Å²) in [6, 6.07) is 5.72. The molecule has 26 heavy (non-hydrogen) atoms. The third kappa shape index (κ3) is 4.12. The summed E-state index contributed by atoms with van der Waals surface area (Å²) in [5.41, 5.74) is 0.978. The zero-order chi connectivity index (χ0) is 18.7. The second-order valence-electron chi connectivity index (χ2n) is 5.80. The minimum absolute atomic E-state index is 0.0254. The Morgan fingerprint density at radius 1 is 1.23 bits per heavy atom. The molecule has 0 aliphatic carbocycles. The second-order valence-corrected chi connectivity index (χ2v) is 8.98. The summed E-state index contributed by atoms with van der Waals surface area (Å²) < 4.78 is 0.620. The van der Waals surface area contributed by atoms with Gasteiger partial charge in [0.15, 0.2) is 0 Å². The number of rotatable bonds is 6. The summed E-state index contributed by atoms with van der Waals surface area (Å²) in [7, 11) is 0. The lowest BCUT2D eigenvalue weighted by Gasteiger charge is -2.19. The zero-order valence-corrected chi connectivity index (χ0v) is 17.5. The number of nitrogens with zero attached hydrogens (tertiary/aromatic N) is 2. The summed E-state index contributed by atoms with van der Waals surface area (Å²) in [6.07, 6.45) is 5.70. The Hall–Kier alpha value is -0.990. The van der Waals surface area contributed by atoms with Crippen LogP contribution >= 0.6 is 47.3 Å². The summed E-state index contributed by atoms with van der Waals surface area (Å²) in [6.45, 7) is 3.26. The van der Waals surface area contributed by atoms with E-state index in [2.05, 4.69) is 6.92 Å². The van der Waals surface area contributed by atoms with Gasteiger partial charge in [0, 0.05) is 23.0 Å². The van der Waals surface area contributed by atoms with Crippen molar-refractivity contribution in [2.75, 3.05) is 24.6 Å². The minimum Gasteiger partial charge on any atom is -0.395 e. The van der Waals surface area contributed by atoms with Crippen LogP contribution in [-0.2, 0) is 4.79 Å². The molecular weight excluding hydrogens is 408 g/mol. The van der Waals surface area contributed by atoms with Crippen LogP contribution < -0.4 is 4.90 Å². The number of anilines is 1. The predicted molar refractivity (Wildman–Crippen MR) is 115 cm³/mol. The van der Waals surface area contributed by atoms with Crippen molar-refractivity contribution in [3.8, 4) is 0 Å². The smallest absolute Gasteiger partial charge is 0.266 e. The number of halogens is 1. The summed E-state index contributed by atoms with van der Waals surface area (Å²) in [4.78, 5) is 17.9. The number of thiocarbonyl (C=S) groups is 1. The van der Waals surface area contributed by atoms with Gasteiger partial charge in [0.25, 0.3) is 5.91 Å². The highest BCUT2D eigenvalue weighted by Gasteiger charge is 2.31. The second kappa shape index (κ2) is 8.80. The number of carbonyl (C=O) groups is 1. The molecule has 3 rings (SSSR count). The van der Waals surface area contributed by atoms with Crippen molar-refractivity contribution in [1.29, 1.82) is 0 Å². The molecule has 0 unspecified atom stereocenters. The summed E-state index contributed by atoms with van der Waals surface area (Å²) in [5, 5.41) is 11.0. The Balaban J connectivity index is 1.82. The standard InChI is InChI=1S/C18H19ClN2O2S3/c1-2-3-8-21-17(23)15(26-18(21)24)6-7-16-20(9-10-22)13-11-12(19)4-5-14(13)25-16/h4-7,11,22H,2-3,8-10H2,1H3/b15-6-,16-7-. The summed E-state index contributed by atoms with van der Waals surface area (Å²) >= 11 is 14.4. The third-order valence-electron chi connectivity index (χ3n) is 4.00. The molecule has 0 saturated carbocycles. The average Bonchev–Trinajstić information content (AvgIpc) is 3.09. The maximum Gasteiger partial charge on any atom is 0.266 e. The van der Waals surface area contributed by atoms with Gasteiger partial charge in [-0.2, -0.15) is 0 Å². The molecule has 0 bridgehead atoms. The van der Waals surface area contributed by atoms with Gasteiger partial charge < -0.3 is 10.0 Å². The number of amides is 1. The first-order valence-electron chi connectivity index (χ1n) is 8.36. The number of β-amino-alcohol motifs (C(OH)–C–C–N with tert-alkyl or cyclic N) is 1. The van der Waals surface area contributed by atoms with Crippen molar-refractivity contribution in [3.05, 3.63) is 45.3 Å². The van der Waals surface area contributed by atoms with Crippen LogP contribution in [0.25, 0.3) is 0 Å². The first-order chi connectivity index (χ1) is 12.5. The van der Waals surface area contributed by atoms with E-state index in [0.717, 1.165) is 28.5 Å². The largest absolute Gasteiger partial charge is 0.395 e. The number of aliphatic hydroxyl groups is 1. The van der Waals surface area contributed by atoms with Gasteiger partial charge in [-0.05, 0) is 36.8 Å². The van der Waals surface area contributed by atoms with E-state index in [1.54, 1.807) is 16.7 Å². The molecule has 0 spiro atoms. The molecule has 1 aromatic carbocycles. The quantitative estimate of drug-likeness (QED) is 0.528. The van der Waals surface area contributed by atoms with Gasteiger partial charge in [0.2, 0.25) is 0 Å². The summed E-state index contributed by atoms with van der Waals surface area (Å²) in [5.74, 6) is -0.0254. The van der Waals surface area contributed by atoms with Crippen LogP contribution in [0.15, 0.2) is 45.2 Å². The van der Waals surface area contributed by atoms with Gasteiger partial charge in [-0.25, -0.2) is 0 Å². The molecule has 2 aliphatic rings. The van der Waals surface area contributed by atoms with Crippen molar-refractivity contribution >= 4 is 63.3 Å². The van der Waals surface area contributed by atoms with E-state index in [1.807, 2.05) is 35.3 Å². The lowest BCUT2D eigenvalue weighted by atomic mass is 10.3. The number of thioether (sulfide) groups is 2. The van der Waals surface area contributed by atoms with E-state index >= 15 is 0 Å². The first-order valence-corrected chi connectivity index (χ1v) is 10.8. The Kier molecular flexibility index (Phi) is 6.69. The van der Waals surface area contributed by atoms with Crippen molar-refractivity contribution in [3.63, 3.8) is 0 Å². The highest BCUT2D eigenvalue weighted by atomic mass is 35.5. The molecule has 8 heteroatoms. The maximum absolute atomic E-state index is 12.5. The molecule has 0 radical (unpaired) electrons. The molecule has 1 amide bonds. The van der Waals surface area contributed by atoms with E-state index in [-0.39, 0.29) is 12.5 Å². The number of benzene rings is 1. The predicted octanol–water partition coefficient (Wildman–Crippen LogP) is 4.63. The van der Waals surface area contributed by atoms with Crippen LogP contribution in [-0.4, -0.2) is 39.9 Å². The SMILES string of the molecule is CCCCN1C(=O)/C(=C/C=C2\Sc3ccc(Cl)cc3N2CCO)SC1=S. The van der Waals surface area contributed by atoms with Crippen LogP contribution in [0, 0.1) is 0 Å². The molecule has 138 valence electrons. The fraction of sp³-hybridized carbons (Fsp3) is 0.333. The van der Waals surface area contributed by atoms with Crippen LogP contribution in [0.4, 0.5) is 5.69 Å². The van der Waals surface area contributed by atoms with Crippen molar-refractivity contribution in [1.82, 2.24) is 4.90 Å². The Morgan fingerprint density at radius 2 is 2.04 bits per heavy atom. The van der Waals surface area contributed by atoms with E-state index in [9.17, 15) is 9.90 Å². The lowest BCUT2D eigenvalue weighted by molar-refractivity contribution is -0.122. The van der Waals surface area contributed by atoms with Crippen LogP contribution in [0.1, 0.15) is 19.8 Å². The molecule has 1 fully saturated rings.